The minimum Gasteiger partial charge on any atom is -0.317 e. The molecule has 1 aliphatic heterocycles. The molecule has 3 rings (SSSR count). The Morgan fingerprint density at radius 2 is 1.95 bits per heavy atom. The second kappa shape index (κ2) is 5.69. The third-order valence-electron chi connectivity index (χ3n) is 4.29. The monoisotopic (exact) mass is 284 g/mol. The fourth-order valence-corrected chi connectivity index (χ4v) is 2.96. The van der Waals surface area contributed by atoms with E-state index >= 15 is 0 Å². The number of H-pyrrole nitrogens is 1. The number of nitrogens with zero attached hydrogens (tertiary/aromatic N) is 1. The molecule has 0 bridgehead atoms. The molecule has 1 saturated heterocycles. The van der Waals surface area contributed by atoms with Gasteiger partial charge in [-0.15, -0.1) is 0 Å². The highest BCUT2D eigenvalue weighted by Gasteiger charge is 2.41. The van der Waals surface area contributed by atoms with Crippen LogP contribution in [0.2, 0.25) is 0 Å². The van der Waals surface area contributed by atoms with Gasteiger partial charge in [0.05, 0.1) is 11.6 Å². The van der Waals surface area contributed by atoms with Gasteiger partial charge in [-0.3, -0.25) is 9.89 Å². The maximum Gasteiger partial charge on any atom is 0.236 e. The molecule has 21 heavy (non-hydrogen) atoms. The molecule has 0 atom stereocenters. The zero-order chi connectivity index (χ0) is 14.7. The zero-order valence-electron chi connectivity index (χ0n) is 12.1. The Kier molecular flexibility index (Phi) is 3.75. The summed E-state index contributed by atoms with van der Waals surface area (Å²) in [6.07, 6.45) is 3.32. The van der Waals surface area contributed by atoms with Crippen LogP contribution in [0.25, 0.3) is 0 Å². The molecule has 1 aromatic heterocycles. The van der Waals surface area contributed by atoms with Gasteiger partial charge >= 0.3 is 0 Å². The molecule has 2 aromatic rings. The normalized spacial score (nSPS) is 17.4. The Bertz CT molecular complexity index is 614. The Labute approximate surface area is 124 Å². The first-order valence-electron chi connectivity index (χ1n) is 7.30. The second-order valence-electron chi connectivity index (χ2n) is 5.58. The second-order valence-corrected chi connectivity index (χ2v) is 5.58. The summed E-state index contributed by atoms with van der Waals surface area (Å²) in [5.41, 5.74) is 1.56. The van der Waals surface area contributed by atoms with Gasteiger partial charge in [0.25, 0.3) is 0 Å². The van der Waals surface area contributed by atoms with Gasteiger partial charge in [0.15, 0.2) is 0 Å². The van der Waals surface area contributed by atoms with Gasteiger partial charge in [-0.2, -0.15) is 5.10 Å². The molecule has 110 valence electrons. The van der Waals surface area contributed by atoms with Crippen LogP contribution >= 0.6 is 0 Å². The third-order valence-corrected chi connectivity index (χ3v) is 4.29. The molecule has 2 heterocycles. The maximum atomic E-state index is 13.0. The summed E-state index contributed by atoms with van der Waals surface area (Å²) in [4.78, 5) is 13.0. The van der Waals surface area contributed by atoms with Gasteiger partial charge in [-0.05, 0) is 38.4 Å². The summed E-state index contributed by atoms with van der Waals surface area (Å²) in [6.45, 7) is 3.63. The van der Waals surface area contributed by atoms with Crippen LogP contribution in [0.1, 0.15) is 24.0 Å². The fraction of sp³-hybridized carbons (Fsp3) is 0.375. The number of nitrogens with one attached hydrogen (secondary N) is 3. The molecular formula is C16H20N4O. The van der Waals surface area contributed by atoms with Gasteiger partial charge < -0.3 is 10.6 Å². The first-order valence-corrected chi connectivity index (χ1v) is 7.30. The molecule has 0 radical (unpaired) electrons. The van der Waals surface area contributed by atoms with Crippen LogP contribution in [0.3, 0.4) is 0 Å². The highest BCUT2D eigenvalue weighted by atomic mass is 16.2. The van der Waals surface area contributed by atoms with Crippen molar-refractivity contribution >= 4 is 11.7 Å². The molecule has 1 amide bonds. The summed E-state index contributed by atoms with van der Waals surface area (Å²) in [6, 6.07) is 10.1. The number of benzene rings is 1. The summed E-state index contributed by atoms with van der Waals surface area (Å²) < 4.78 is 0. The van der Waals surface area contributed by atoms with E-state index in [9.17, 15) is 4.79 Å². The van der Waals surface area contributed by atoms with Crippen molar-refractivity contribution in [2.75, 3.05) is 18.4 Å². The first-order chi connectivity index (χ1) is 10.2. The van der Waals surface area contributed by atoms with Crippen LogP contribution in [0.15, 0.2) is 36.5 Å². The number of hydrogen-bond donors (Lipinski definition) is 3. The molecule has 5 nitrogen and oxygen atoms in total. The van der Waals surface area contributed by atoms with E-state index < -0.39 is 5.41 Å². The zero-order valence-corrected chi connectivity index (χ0v) is 12.1. The van der Waals surface area contributed by atoms with Crippen molar-refractivity contribution in [3.63, 3.8) is 0 Å². The van der Waals surface area contributed by atoms with E-state index in [0.29, 0.717) is 5.82 Å². The number of carbonyl (C=O) groups is 1. The van der Waals surface area contributed by atoms with Crippen molar-refractivity contribution in [3.8, 4) is 0 Å². The minimum atomic E-state index is -0.468. The van der Waals surface area contributed by atoms with Gasteiger partial charge in [-0.1, -0.05) is 30.3 Å². The predicted molar refractivity (Wildman–Crippen MR) is 82.2 cm³/mol. The number of aromatic nitrogens is 2. The van der Waals surface area contributed by atoms with Gasteiger partial charge in [0.1, 0.15) is 5.82 Å². The lowest BCUT2D eigenvalue weighted by molar-refractivity contribution is -0.122. The molecule has 1 aromatic carbocycles. The van der Waals surface area contributed by atoms with Crippen LogP contribution in [0.4, 0.5) is 5.82 Å². The lowest BCUT2D eigenvalue weighted by Crippen LogP contribution is -2.48. The first kappa shape index (κ1) is 13.8. The third kappa shape index (κ3) is 2.56. The van der Waals surface area contributed by atoms with Gasteiger partial charge in [0.2, 0.25) is 5.91 Å². The molecule has 0 saturated carbocycles. The van der Waals surface area contributed by atoms with Crippen LogP contribution < -0.4 is 10.6 Å². The average molecular weight is 284 g/mol. The quantitative estimate of drug-likeness (QED) is 0.807. The molecule has 5 heteroatoms. The SMILES string of the molecule is Cc1cn[nH]c1NC(=O)C1(c2ccccc2)CCNCC1. The topological polar surface area (TPSA) is 69.8 Å². The molecule has 0 spiro atoms. The summed E-state index contributed by atoms with van der Waals surface area (Å²) in [5.74, 6) is 0.733. The van der Waals surface area contributed by atoms with Crippen molar-refractivity contribution in [3.05, 3.63) is 47.7 Å². The molecule has 3 N–H and O–H groups in total. The van der Waals surface area contributed by atoms with Crippen molar-refractivity contribution < 1.29 is 4.79 Å². The summed E-state index contributed by atoms with van der Waals surface area (Å²) >= 11 is 0. The number of aromatic amines is 1. The largest absolute Gasteiger partial charge is 0.317 e. The van der Waals surface area contributed by atoms with Crippen molar-refractivity contribution in [2.24, 2.45) is 0 Å². The van der Waals surface area contributed by atoms with Crippen molar-refractivity contribution in [1.29, 1.82) is 0 Å². The molecule has 1 aliphatic rings. The Hall–Kier alpha value is -2.14. The number of hydrogen-bond acceptors (Lipinski definition) is 3. The number of aryl methyl sites for hydroxylation is 1. The highest BCUT2D eigenvalue weighted by molar-refractivity contribution is 5.99. The molecule has 1 fully saturated rings. The van der Waals surface area contributed by atoms with E-state index in [0.717, 1.165) is 37.1 Å². The molecule has 0 unspecified atom stereocenters. The van der Waals surface area contributed by atoms with E-state index in [2.05, 4.69) is 20.8 Å². The Morgan fingerprint density at radius 3 is 2.57 bits per heavy atom. The lowest BCUT2D eigenvalue weighted by Gasteiger charge is -2.36. The van der Waals surface area contributed by atoms with E-state index in [1.165, 1.54) is 0 Å². The van der Waals surface area contributed by atoms with E-state index in [-0.39, 0.29) is 5.91 Å². The number of piperidine rings is 1. The summed E-state index contributed by atoms with van der Waals surface area (Å²) in [7, 11) is 0. The fourth-order valence-electron chi connectivity index (χ4n) is 2.96. The number of amides is 1. The Balaban J connectivity index is 1.92. The van der Waals surface area contributed by atoms with Crippen LogP contribution in [0, 0.1) is 6.92 Å². The molecule has 0 aliphatic carbocycles. The minimum absolute atomic E-state index is 0.0440. The smallest absolute Gasteiger partial charge is 0.236 e. The standard InChI is InChI=1S/C16H20N4O/c1-12-11-18-20-14(12)19-15(21)16(7-9-17-10-8-16)13-5-3-2-4-6-13/h2-6,11,17H,7-10H2,1H3,(H2,18,19,20,21). The predicted octanol–water partition coefficient (Wildman–Crippen LogP) is 1.98. The van der Waals surface area contributed by atoms with E-state index in [1.54, 1.807) is 6.20 Å². The van der Waals surface area contributed by atoms with Crippen LogP contribution in [-0.2, 0) is 10.2 Å². The lowest BCUT2D eigenvalue weighted by atomic mass is 9.72. The van der Waals surface area contributed by atoms with E-state index in [4.69, 9.17) is 0 Å². The number of carbonyl (C=O) groups excluding carboxylic acids is 1. The van der Waals surface area contributed by atoms with E-state index in [1.807, 2.05) is 37.3 Å². The Morgan fingerprint density at radius 1 is 1.24 bits per heavy atom. The van der Waals surface area contributed by atoms with Crippen LogP contribution in [0.5, 0.6) is 0 Å². The van der Waals surface area contributed by atoms with Crippen LogP contribution in [-0.4, -0.2) is 29.2 Å². The number of rotatable bonds is 3. The van der Waals surface area contributed by atoms with Gasteiger partial charge in [-0.25, -0.2) is 0 Å². The molecular weight excluding hydrogens is 264 g/mol. The summed E-state index contributed by atoms with van der Waals surface area (Å²) in [5, 5.41) is 13.2. The van der Waals surface area contributed by atoms with Crippen molar-refractivity contribution in [1.82, 2.24) is 15.5 Å². The average Bonchev–Trinajstić information content (AvgIpc) is 2.94. The number of anilines is 1. The highest BCUT2D eigenvalue weighted by Crippen LogP contribution is 2.34. The van der Waals surface area contributed by atoms with Crippen molar-refractivity contribution in [2.45, 2.75) is 25.2 Å². The maximum absolute atomic E-state index is 13.0. The van der Waals surface area contributed by atoms with Gasteiger partial charge in [0, 0.05) is 5.56 Å².